The van der Waals surface area contributed by atoms with Crippen molar-refractivity contribution in [1.82, 2.24) is 20.1 Å². The summed E-state index contributed by atoms with van der Waals surface area (Å²) < 4.78 is 59.8. The van der Waals surface area contributed by atoms with E-state index in [-0.39, 0.29) is 35.2 Å². The average Bonchev–Trinajstić information content (AvgIpc) is 3.38. The van der Waals surface area contributed by atoms with E-state index < -0.39 is 18.3 Å². The number of hydrogen-bond acceptors (Lipinski definition) is 4. The molecule has 2 aromatic heterocycles. The molecule has 1 N–H and O–H groups in total. The molecule has 0 saturated carbocycles. The molecule has 0 fully saturated rings. The van der Waals surface area contributed by atoms with E-state index in [0.717, 1.165) is 12.1 Å². The van der Waals surface area contributed by atoms with Crippen molar-refractivity contribution in [2.75, 3.05) is 0 Å². The number of amides is 1. The fraction of sp³-hybridized carbons (Fsp3) is 0.125. The molecule has 11 heteroatoms. The number of carbonyl (C=O) groups is 1. The maximum absolute atomic E-state index is 14.3. The van der Waals surface area contributed by atoms with Crippen LogP contribution in [0.3, 0.4) is 0 Å². The zero-order valence-electron chi connectivity index (χ0n) is 17.7. The summed E-state index contributed by atoms with van der Waals surface area (Å²) >= 11 is 5.94. The largest absolute Gasteiger partial charge is 0.435 e. The van der Waals surface area contributed by atoms with Crippen LogP contribution in [-0.4, -0.2) is 27.3 Å². The number of alkyl halides is 2. The summed E-state index contributed by atoms with van der Waals surface area (Å²) in [6.07, 6.45) is 5.78. The molecular formula is C24H15ClF4N4O2. The van der Waals surface area contributed by atoms with Gasteiger partial charge in [-0.1, -0.05) is 17.7 Å². The number of allylic oxidation sites excluding steroid dienone is 6. The monoisotopic (exact) mass is 502 g/mol. The molecule has 35 heavy (non-hydrogen) atoms. The molecule has 2 aliphatic rings. The van der Waals surface area contributed by atoms with Gasteiger partial charge in [-0.05, 0) is 36.4 Å². The van der Waals surface area contributed by atoms with Crippen LogP contribution in [0.1, 0.15) is 22.3 Å². The molecule has 1 amide bonds. The van der Waals surface area contributed by atoms with Crippen molar-refractivity contribution in [3.8, 4) is 28.4 Å². The summed E-state index contributed by atoms with van der Waals surface area (Å²) in [6, 6.07) is 6.39. The van der Waals surface area contributed by atoms with Crippen molar-refractivity contribution < 1.29 is 27.1 Å². The molecule has 0 saturated heterocycles. The van der Waals surface area contributed by atoms with Gasteiger partial charge in [0.15, 0.2) is 0 Å². The lowest BCUT2D eigenvalue weighted by Gasteiger charge is -2.11. The van der Waals surface area contributed by atoms with Crippen molar-refractivity contribution in [1.29, 1.82) is 0 Å². The minimum Gasteiger partial charge on any atom is -0.435 e. The Hall–Kier alpha value is -3.92. The number of halogens is 5. The summed E-state index contributed by atoms with van der Waals surface area (Å²) in [6.45, 7) is -2.89. The first-order chi connectivity index (χ1) is 16.8. The highest BCUT2D eigenvalue weighted by atomic mass is 35.5. The van der Waals surface area contributed by atoms with E-state index in [1.807, 2.05) is 0 Å². The standard InChI is InChI=1S/C24H15ClF4N4O2/c25-18-3-1-14(2-4-19(18)27)33-21(12-7-13(26)9-15(8-12)35-24(28)29)10-20(32-33)22-17-11-31-23(34)16(17)5-6-30-22/h1-2,4-10,24H,3,11H2,(H,31,34). The molecule has 0 spiro atoms. The number of nitrogens with zero attached hydrogens (tertiary/aromatic N) is 3. The van der Waals surface area contributed by atoms with Gasteiger partial charge in [-0.25, -0.2) is 13.5 Å². The molecular weight excluding hydrogens is 488 g/mol. The molecule has 0 unspecified atom stereocenters. The van der Waals surface area contributed by atoms with Gasteiger partial charge in [0.05, 0.1) is 22.1 Å². The smallest absolute Gasteiger partial charge is 0.387 e. The number of rotatable bonds is 5. The molecule has 3 heterocycles. The van der Waals surface area contributed by atoms with Crippen LogP contribution in [0.5, 0.6) is 5.75 Å². The van der Waals surface area contributed by atoms with Crippen LogP contribution in [0, 0.1) is 5.82 Å². The van der Waals surface area contributed by atoms with Gasteiger partial charge < -0.3 is 10.1 Å². The van der Waals surface area contributed by atoms with Crippen LogP contribution in [0.25, 0.3) is 28.3 Å². The number of benzene rings is 1. The number of hydrogen-bond donors (Lipinski definition) is 1. The van der Waals surface area contributed by atoms with E-state index in [1.54, 1.807) is 18.2 Å². The molecule has 5 rings (SSSR count). The van der Waals surface area contributed by atoms with Gasteiger partial charge in [0.1, 0.15) is 23.1 Å². The molecule has 0 radical (unpaired) electrons. The summed E-state index contributed by atoms with van der Waals surface area (Å²) in [5, 5.41) is 7.32. The first-order valence-corrected chi connectivity index (χ1v) is 10.7. The lowest BCUT2D eigenvalue weighted by atomic mass is 10.1. The van der Waals surface area contributed by atoms with Crippen LogP contribution in [-0.2, 0) is 6.54 Å². The highest BCUT2D eigenvalue weighted by Crippen LogP contribution is 2.35. The SMILES string of the molecule is O=C1NCc2c1ccnc2-c1cc(-c2cc(F)cc(OC(F)F)c2)n(C2=CCC(Cl)=C(F)C=C2)n1. The summed E-state index contributed by atoms with van der Waals surface area (Å²) in [7, 11) is 0. The molecule has 1 aliphatic heterocycles. The minimum atomic E-state index is -3.14. The van der Waals surface area contributed by atoms with Crippen LogP contribution in [0.2, 0.25) is 0 Å². The highest BCUT2D eigenvalue weighted by Gasteiger charge is 2.26. The molecule has 178 valence electrons. The van der Waals surface area contributed by atoms with Crippen molar-refractivity contribution in [3.63, 3.8) is 0 Å². The van der Waals surface area contributed by atoms with E-state index in [4.69, 9.17) is 11.6 Å². The second kappa shape index (κ2) is 9.03. The zero-order chi connectivity index (χ0) is 24.7. The Labute approximate surface area is 201 Å². The summed E-state index contributed by atoms with van der Waals surface area (Å²) in [5.41, 5.74) is 2.73. The molecule has 6 nitrogen and oxygen atoms in total. The van der Waals surface area contributed by atoms with Crippen molar-refractivity contribution >= 4 is 23.2 Å². The predicted molar refractivity (Wildman–Crippen MR) is 121 cm³/mol. The topological polar surface area (TPSA) is 69.0 Å². The quantitative estimate of drug-likeness (QED) is 0.447. The molecule has 1 aliphatic carbocycles. The van der Waals surface area contributed by atoms with Gasteiger partial charge in [-0.15, -0.1) is 0 Å². The van der Waals surface area contributed by atoms with E-state index in [9.17, 15) is 22.4 Å². The number of carbonyl (C=O) groups excluding carboxylic acids is 1. The molecule has 1 aromatic carbocycles. The lowest BCUT2D eigenvalue weighted by molar-refractivity contribution is -0.0499. The van der Waals surface area contributed by atoms with Gasteiger partial charge in [0.25, 0.3) is 5.91 Å². The van der Waals surface area contributed by atoms with Gasteiger partial charge in [-0.3, -0.25) is 9.78 Å². The summed E-state index contributed by atoms with van der Waals surface area (Å²) in [4.78, 5) is 16.5. The Morgan fingerprint density at radius 3 is 2.77 bits per heavy atom. The number of nitrogens with one attached hydrogen (secondary N) is 1. The molecule has 0 bridgehead atoms. The number of pyridine rings is 1. The van der Waals surface area contributed by atoms with Gasteiger partial charge >= 0.3 is 6.61 Å². The first-order valence-electron chi connectivity index (χ1n) is 10.3. The van der Waals surface area contributed by atoms with Crippen molar-refractivity contribution in [2.24, 2.45) is 0 Å². The maximum atomic E-state index is 14.3. The van der Waals surface area contributed by atoms with E-state index >= 15 is 0 Å². The Bertz CT molecular complexity index is 1450. The predicted octanol–water partition coefficient (Wildman–Crippen LogP) is 5.82. The minimum absolute atomic E-state index is 0.00399. The van der Waals surface area contributed by atoms with Crippen molar-refractivity contribution in [3.05, 3.63) is 82.6 Å². The maximum Gasteiger partial charge on any atom is 0.387 e. The van der Waals surface area contributed by atoms with Gasteiger partial charge in [0, 0.05) is 41.9 Å². The Balaban J connectivity index is 1.69. The normalized spacial score (nSPS) is 15.3. The fourth-order valence-electron chi connectivity index (χ4n) is 3.92. The third-order valence-electron chi connectivity index (χ3n) is 5.46. The number of ether oxygens (including phenoxy) is 1. The van der Waals surface area contributed by atoms with Crippen molar-refractivity contribution in [2.45, 2.75) is 19.6 Å². The third kappa shape index (κ3) is 4.44. The number of fused-ring (bicyclic) bond motifs is 1. The zero-order valence-corrected chi connectivity index (χ0v) is 18.5. The Morgan fingerprint density at radius 1 is 1.14 bits per heavy atom. The van der Waals surface area contributed by atoms with Crippen LogP contribution >= 0.6 is 11.6 Å². The second-order valence-corrected chi connectivity index (χ2v) is 8.12. The fourth-order valence-corrected chi connectivity index (χ4v) is 4.06. The highest BCUT2D eigenvalue weighted by molar-refractivity contribution is 6.30. The van der Waals surface area contributed by atoms with Gasteiger partial charge in [-0.2, -0.15) is 13.9 Å². The third-order valence-corrected chi connectivity index (χ3v) is 5.80. The second-order valence-electron chi connectivity index (χ2n) is 7.67. The molecule has 0 atom stereocenters. The van der Waals surface area contributed by atoms with E-state index in [2.05, 4.69) is 20.1 Å². The van der Waals surface area contributed by atoms with Crippen LogP contribution < -0.4 is 10.1 Å². The van der Waals surface area contributed by atoms with E-state index in [1.165, 1.54) is 29.1 Å². The average molecular weight is 503 g/mol. The lowest BCUT2D eigenvalue weighted by Crippen LogP contribution is -2.12. The first kappa shape index (κ1) is 22.9. The van der Waals surface area contributed by atoms with E-state index in [0.29, 0.717) is 33.9 Å². The Morgan fingerprint density at radius 2 is 1.97 bits per heavy atom. The Kier molecular flexibility index (Phi) is 5.89. The summed E-state index contributed by atoms with van der Waals surface area (Å²) in [5.74, 6) is -2.04. The number of aromatic nitrogens is 3. The van der Waals surface area contributed by atoms with Crippen LogP contribution in [0.4, 0.5) is 17.6 Å². The molecule has 3 aromatic rings. The van der Waals surface area contributed by atoms with Gasteiger partial charge in [0.2, 0.25) is 0 Å². The van der Waals surface area contributed by atoms with Crippen LogP contribution in [0.15, 0.2) is 65.6 Å².